The summed E-state index contributed by atoms with van der Waals surface area (Å²) in [5.74, 6) is 0.0762. The van der Waals surface area contributed by atoms with Crippen LogP contribution in [-0.2, 0) is 4.79 Å². The van der Waals surface area contributed by atoms with Gasteiger partial charge in [-0.25, -0.2) is 0 Å². The summed E-state index contributed by atoms with van der Waals surface area (Å²) >= 11 is 0. The van der Waals surface area contributed by atoms with E-state index in [-0.39, 0.29) is 6.42 Å². The Morgan fingerprint density at radius 1 is 1.25 bits per heavy atom. The molecule has 16 heavy (non-hydrogen) atoms. The molecule has 0 radical (unpaired) electrons. The summed E-state index contributed by atoms with van der Waals surface area (Å²) in [6.45, 7) is 4.47. The van der Waals surface area contributed by atoms with Crippen molar-refractivity contribution in [2.75, 3.05) is 0 Å². The van der Waals surface area contributed by atoms with Crippen molar-refractivity contribution in [1.82, 2.24) is 0 Å². The van der Waals surface area contributed by atoms with Crippen LogP contribution in [-0.4, -0.2) is 11.1 Å². The highest BCUT2D eigenvalue weighted by atomic mass is 16.4. The third-order valence-electron chi connectivity index (χ3n) is 2.95. The van der Waals surface area contributed by atoms with Crippen molar-refractivity contribution in [3.05, 3.63) is 12.2 Å². The number of carboxylic acid groups (broad SMARTS) is 1. The van der Waals surface area contributed by atoms with E-state index in [2.05, 4.69) is 19.9 Å². The molecule has 94 valence electrons. The molecular formula is C14H26O2. The van der Waals surface area contributed by atoms with Crippen molar-refractivity contribution in [1.29, 1.82) is 0 Å². The van der Waals surface area contributed by atoms with Crippen molar-refractivity contribution in [2.24, 2.45) is 5.92 Å². The van der Waals surface area contributed by atoms with Crippen molar-refractivity contribution in [3.63, 3.8) is 0 Å². The van der Waals surface area contributed by atoms with Crippen molar-refractivity contribution in [2.45, 2.75) is 65.2 Å². The fourth-order valence-electron chi connectivity index (χ4n) is 1.78. The van der Waals surface area contributed by atoms with Gasteiger partial charge in [0.05, 0.1) is 0 Å². The number of aliphatic carboxylic acids is 1. The van der Waals surface area contributed by atoms with E-state index in [1.54, 1.807) is 0 Å². The Hall–Kier alpha value is -0.790. The van der Waals surface area contributed by atoms with Crippen molar-refractivity contribution < 1.29 is 9.90 Å². The van der Waals surface area contributed by atoms with Gasteiger partial charge >= 0.3 is 5.97 Å². The zero-order valence-electron chi connectivity index (χ0n) is 10.7. The summed E-state index contributed by atoms with van der Waals surface area (Å²) in [5.41, 5.74) is 0. The number of rotatable bonds is 10. The van der Waals surface area contributed by atoms with Crippen LogP contribution < -0.4 is 0 Å². The van der Waals surface area contributed by atoms with E-state index in [4.69, 9.17) is 5.11 Å². The third kappa shape index (κ3) is 9.75. The smallest absolute Gasteiger partial charge is 0.303 e. The van der Waals surface area contributed by atoms with Crippen molar-refractivity contribution >= 4 is 5.97 Å². The zero-order valence-corrected chi connectivity index (χ0v) is 10.7. The van der Waals surface area contributed by atoms with Gasteiger partial charge in [-0.05, 0) is 18.8 Å². The average Bonchev–Trinajstić information content (AvgIpc) is 2.26. The van der Waals surface area contributed by atoms with Gasteiger partial charge < -0.3 is 5.11 Å². The number of carbonyl (C=O) groups is 1. The first-order valence-electron chi connectivity index (χ1n) is 6.57. The van der Waals surface area contributed by atoms with E-state index >= 15 is 0 Å². The average molecular weight is 226 g/mol. The summed E-state index contributed by atoms with van der Waals surface area (Å²) in [7, 11) is 0. The lowest BCUT2D eigenvalue weighted by Crippen LogP contribution is -1.97. The minimum Gasteiger partial charge on any atom is -0.481 e. The maximum absolute atomic E-state index is 10.3. The Labute approximate surface area is 99.7 Å². The number of hydrogen-bond acceptors (Lipinski definition) is 1. The monoisotopic (exact) mass is 226 g/mol. The highest BCUT2D eigenvalue weighted by Crippen LogP contribution is 2.17. The molecule has 0 bridgehead atoms. The molecule has 2 heteroatoms. The van der Waals surface area contributed by atoms with E-state index in [1.165, 1.54) is 32.1 Å². The number of carboxylic acids is 1. The summed E-state index contributed by atoms with van der Waals surface area (Å²) in [5, 5.41) is 8.48. The summed E-state index contributed by atoms with van der Waals surface area (Å²) in [4.78, 5) is 10.3. The lowest BCUT2D eigenvalue weighted by atomic mass is 9.95. The van der Waals surface area contributed by atoms with Crippen LogP contribution in [0, 0.1) is 5.92 Å². The van der Waals surface area contributed by atoms with E-state index in [0.717, 1.165) is 12.3 Å². The van der Waals surface area contributed by atoms with E-state index in [9.17, 15) is 4.79 Å². The van der Waals surface area contributed by atoms with Gasteiger partial charge in [0.15, 0.2) is 0 Å². The molecular weight excluding hydrogens is 200 g/mol. The Morgan fingerprint density at radius 3 is 2.56 bits per heavy atom. The second-order valence-electron chi connectivity index (χ2n) is 4.41. The molecule has 0 aromatic rings. The van der Waals surface area contributed by atoms with Crippen LogP contribution in [0.2, 0.25) is 0 Å². The van der Waals surface area contributed by atoms with Crippen LogP contribution >= 0.6 is 0 Å². The first kappa shape index (κ1) is 15.2. The largest absolute Gasteiger partial charge is 0.481 e. The van der Waals surface area contributed by atoms with Gasteiger partial charge in [0, 0.05) is 6.42 Å². The van der Waals surface area contributed by atoms with Crippen LogP contribution in [0.25, 0.3) is 0 Å². The molecule has 1 N–H and O–H groups in total. The molecule has 0 aromatic carbocycles. The lowest BCUT2D eigenvalue weighted by Gasteiger charge is -2.11. The Morgan fingerprint density at radius 2 is 2.00 bits per heavy atom. The molecule has 0 saturated heterocycles. The minimum atomic E-state index is -0.709. The van der Waals surface area contributed by atoms with Gasteiger partial charge in [-0.1, -0.05) is 58.1 Å². The Bertz CT molecular complexity index is 197. The molecule has 1 unspecified atom stereocenters. The molecule has 0 spiro atoms. The number of allylic oxidation sites excluding steroid dienone is 2. The second kappa shape index (κ2) is 10.7. The van der Waals surface area contributed by atoms with Gasteiger partial charge in [0.25, 0.3) is 0 Å². The van der Waals surface area contributed by atoms with Crippen LogP contribution in [0.15, 0.2) is 12.2 Å². The van der Waals surface area contributed by atoms with Gasteiger partial charge in [-0.3, -0.25) is 4.79 Å². The molecule has 0 aliphatic heterocycles. The van der Waals surface area contributed by atoms with Crippen LogP contribution in [0.3, 0.4) is 0 Å². The van der Waals surface area contributed by atoms with Gasteiger partial charge in [-0.2, -0.15) is 0 Å². The van der Waals surface area contributed by atoms with Gasteiger partial charge in [-0.15, -0.1) is 0 Å². The first-order chi connectivity index (χ1) is 7.70. The molecule has 0 heterocycles. The fourth-order valence-corrected chi connectivity index (χ4v) is 1.78. The standard InChI is InChI=1S/C14H26O2/c1-3-5-7-10-13(4-2)11-8-6-9-12-14(15)16/h6,8,13H,3-5,7,9-12H2,1-2H3,(H,15,16). The molecule has 0 fully saturated rings. The molecule has 1 atom stereocenters. The summed E-state index contributed by atoms with van der Waals surface area (Å²) in [6.07, 6.45) is 12.7. The van der Waals surface area contributed by atoms with E-state index in [0.29, 0.717) is 6.42 Å². The normalized spacial score (nSPS) is 13.1. The summed E-state index contributed by atoms with van der Waals surface area (Å²) < 4.78 is 0. The molecule has 0 aliphatic carbocycles. The predicted octanol–water partition coefficient (Wildman–Crippen LogP) is 4.40. The number of unbranched alkanes of at least 4 members (excludes halogenated alkanes) is 2. The molecule has 0 rings (SSSR count). The number of hydrogen-bond donors (Lipinski definition) is 1. The van der Waals surface area contributed by atoms with E-state index < -0.39 is 5.97 Å². The molecule has 2 nitrogen and oxygen atoms in total. The lowest BCUT2D eigenvalue weighted by molar-refractivity contribution is -0.136. The van der Waals surface area contributed by atoms with Crippen LogP contribution in [0.4, 0.5) is 0 Å². The highest BCUT2D eigenvalue weighted by Gasteiger charge is 2.03. The Balaban J connectivity index is 3.56. The molecule has 0 amide bonds. The maximum Gasteiger partial charge on any atom is 0.303 e. The third-order valence-corrected chi connectivity index (χ3v) is 2.95. The topological polar surface area (TPSA) is 37.3 Å². The van der Waals surface area contributed by atoms with Gasteiger partial charge in [0.2, 0.25) is 0 Å². The molecule has 0 aliphatic rings. The van der Waals surface area contributed by atoms with Crippen LogP contribution in [0.5, 0.6) is 0 Å². The van der Waals surface area contributed by atoms with Crippen molar-refractivity contribution in [3.8, 4) is 0 Å². The second-order valence-corrected chi connectivity index (χ2v) is 4.41. The summed E-state index contributed by atoms with van der Waals surface area (Å²) in [6, 6.07) is 0. The predicted molar refractivity (Wildman–Crippen MR) is 68.5 cm³/mol. The zero-order chi connectivity index (χ0) is 12.2. The van der Waals surface area contributed by atoms with Crippen LogP contribution in [0.1, 0.15) is 65.2 Å². The highest BCUT2D eigenvalue weighted by molar-refractivity contribution is 5.66. The van der Waals surface area contributed by atoms with E-state index in [1.807, 2.05) is 6.08 Å². The fraction of sp³-hybridized carbons (Fsp3) is 0.786. The SMILES string of the molecule is CCCCCC(CC)CC=CCCC(=O)O. The Kier molecular flexibility index (Phi) is 10.2. The molecule has 0 aromatic heterocycles. The minimum absolute atomic E-state index is 0.253. The maximum atomic E-state index is 10.3. The molecule has 0 saturated carbocycles. The quantitative estimate of drug-likeness (QED) is 0.442. The van der Waals surface area contributed by atoms with Gasteiger partial charge in [0.1, 0.15) is 0 Å². The first-order valence-corrected chi connectivity index (χ1v) is 6.57.